The minimum atomic E-state index is -0.270. The zero-order valence-corrected chi connectivity index (χ0v) is 9.04. The first-order chi connectivity index (χ1) is 7.75. The predicted molar refractivity (Wildman–Crippen MR) is 59.9 cm³/mol. The third kappa shape index (κ3) is 2.66. The zero-order chi connectivity index (χ0) is 11.4. The van der Waals surface area contributed by atoms with Gasteiger partial charge in [0.2, 0.25) is 5.91 Å². The van der Waals surface area contributed by atoms with E-state index in [2.05, 4.69) is 20.0 Å². The van der Waals surface area contributed by atoms with Gasteiger partial charge in [-0.2, -0.15) is 5.10 Å². The highest BCUT2D eigenvalue weighted by atomic mass is 16.1. The van der Waals surface area contributed by atoms with E-state index in [1.165, 1.54) is 0 Å². The van der Waals surface area contributed by atoms with Gasteiger partial charge in [-0.1, -0.05) is 0 Å². The predicted octanol–water partition coefficient (Wildman–Crippen LogP) is -0.916. The van der Waals surface area contributed by atoms with Crippen molar-refractivity contribution in [3.05, 3.63) is 18.3 Å². The third-order valence-electron chi connectivity index (χ3n) is 2.63. The molecule has 1 aromatic rings. The average molecular weight is 221 g/mol. The Morgan fingerprint density at radius 3 is 2.69 bits per heavy atom. The molecule has 2 N–H and O–H groups in total. The minimum absolute atomic E-state index is 0.270. The van der Waals surface area contributed by atoms with E-state index >= 15 is 0 Å². The molecular weight excluding hydrogens is 206 g/mol. The van der Waals surface area contributed by atoms with Crippen LogP contribution in [0.5, 0.6) is 0 Å². The number of carbonyl (C=O) groups is 1. The summed E-state index contributed by atoms with van der Waals surface area (Å²) in [5.41, 5.74) is 5.15. The van der Waals surface area contributed by atoms with Gasteiger partial charge in [-0.15, -0.1) is 5.10 Å². The molecule has 0 bridgehead atoms. The summed E-state index contributed by atoms with van der Waals surface area (Å²) in [7, 11) is 0. The van der Waals surface area contributed by atoms with Crippen LogP contribution in [0, 0.1) is 0 Å². The SMILES string of the molecule is NC(=O)CN1CCN(c2cccnn2)CC1. The van der Waals surface area contributed by atoms with Crippen molar-refractivity contribution < 1.29 is 4.79 Å². The Bertz CT molecular complexity index is 347. The number of nitrogens with two attached hydrogens (primary N) is 1. The molecular formula is C10H15N5O. The monoisotopic (exact) mass is 221 g/mol. The fourth-order valence-electron chi connectivity index (χ4n) is 1.82. The van der Waals surface area contributed by atoms with Gasteiger partial charge in [0.1, 0.15) is 0 Å². The van der Waals surface area contributed by atoms with Crippen LogP contribution in [0.1, 0.15) is 0 Å². The molecule has 86 valence electrons. The molecule has 1 aliphatic heterocycles. The standard InChI is InChI=1S/C10H15N5O/c11-9(16)8-14-4-6-15(7-5-14)10-2-1-3-12-13-10/h1-3H,4-8H2,(H2,11,16). The fourth-order valence-corrected chi connectivity index (χ4v) is 1.82. The van der Waals surface area contributed by atoms with Gasteiger partial charge in [0.15, 0.2) is 5.82 Å². The molecule has 6 nitrogen and oxygen atoms in total. The van der Waals surface area contributed by atoms with Crippen molar-refractivity contribution in [3.63, 3.8) is 0 Å². The van der Waals surface area contributed by atoms with Gasteiger partial charge in [0.05, 0.1) is 6.54 Å². The number of rotatable bonds is 3. The van der Waals surface area contributed by atoms with Crippen LogP contribution in [0.25, 0.3) is 0 Å². The first-order valence-corrected chi connectivity index (χ1v) is 5.29. The Morgan fingerprint density at radius 1 is 1.38 bits per heavy atom. The molecule has 0 spiro atoms. The molecule has 0 unspecified atom stereocenters. The summed E-state index contributed by atoms with van der Waals surface area (Å²) in [5.74, 6) is 0.620. The molecule has 6 heteroatoms. The van der Waals surface area contributed by atoms with Crippen LogP contribution in [0.4, 0.5) is 5.82 Å². The molecule has 0 atom stereocenters. The topological polar surface area (TPSA) is 75.4 Å². The molecule has 16 heavy (non-hydrogen) atoms. The number of primary amides is 1. The highest BCUT2D eigenvalue weighted by Crippen LogP contribution is 2.11. The molecule has 1 fully saturated rings. The lowest BCUT2D eigenvalue weighted by Crippen LogP contribution is -2.49. The maximum atomic E-state index is 10.8. The number of hydrogen-bond donors (Lipinski definition) is 1. The summed E-state index contributed by atoms with van der Waals surface area (Å²) >= 11 is 0. The number of hydrogen-bond acceptors (Lipinski definition) is 5. The van der Waals surface area contributed by atoms with Crippen LogP contribution in [-0.4, -0.2) is 53.7 Å². The van der Waals surface area contributed by atoms with E-state index in [9.17, 15) is 4.79 Å². The lowest BCUT2D eigenvalue weighted by molar-refractivity contribution is -0.119. The van der Waals surface area contributed by atoms with Crippen molar-refractivity contribution in [1.29, 1.82) is 0 Å². The Balaban J connectivity index is 1.88. The summed E-state index contributed by atoms with van der Waals surface area (Å²) in [4.78, 5) is 15.0. The van der Waals surface area contributed by atoms with Gasteiger partial charge >= 0.3 is 0 Å². The molecule has 2 rings (SSSR count). The normalized spacial score (nSPS) is 17.4. The van der Waals surface area contributed by atoms with E-state index in [-0.39, 0.29) is 5.91 Å². The Morgan fingerprint density at radius 2 is 2.12 bits per heavy atom. The molecule has 1 aromatic heterocycles. The Hall–Kier alpha value is -1.69. The van der Waals surface area contributed by atoms with E-state index in [1.54, 1.807) is 6.20 Å². The fraction of sp³-hybridized carbons (Fsp3) is 0.500. The van der Waals surface area contributed by atoms with Crippen molar-refractivity contribution >= 4 is 11.7 Å². The molecule has 1 aliphatic rings. The zero-order valence-electron chi connectivity index (χ0n) is 9.04. The first kappa shape index (κ1) is 10.8. The number of nitrogens with zero attached hydrogens (tertiary/aromatic N) is 4. The summed E-state index contributed by atoms with van der Waals surface area (Å²) in [6, 6.07) is 3.81. The number of anilines is 1. The maximum Gasteiger partial charge on any atom is 0.231 e. The number of piperazine rings is 1. The first-order valence-electron chi connectivity index (χ1n) is 5.29. The van der Waals surface area contributed by atoms with Gasteiger partial charge < -0.3 is 10.6 Å². The highest BCUT2D eigenvalue weighted by Gasteiger charge is 2.18. The van der Waals surface area contributed by atoms with Gasteiger partial charge in [-0.05, 0) is 12.1 Å². The third-order valence-corrected chi connectivity index (χ3v) is 2.63. The molecule has 0 saturated carbocycles. The lowest BCUT2D eigenvalue weighted by atomic mass is 10.3. The number of carbonyl (C=O) groups excluding carboxylic acids is 1. The molecule has 0 aliphatic carbocycles. The van der Waals surface area contributed by atoms with Gasteiger partial charge in [0.25, 0.3) is 0 Å². The van der Waals surface area contributed by atoms with Crippen molar-refractivity contribution in [2.24, 2.45) is 5.73 Å². The van der Waals surface area contributed by atoms with E-state index in [0.717, 1.165) is 32.0 Å². The Kier molecular flexibility index (Phi) is 3.31. The van der Waals surface area contributed by atoms with Crippen molar-refractivity contribution in [3.8, 4) is 0 Å². The lowest BCUT2D eigenvalue weighted by Gasteiger charge is -2.34. The second kappa shape index (κ2) is 4.89. The molecule has 2 heterocycles. The summed E-state index contributed by atoms with van der Waals surface area (Å²) in [6.07, 6.45) is 1.66. The van der Waals surface area contributed by atoms with Crippen LogP contribution in [0.3, 0.4) is 0 Å². The second-order valence-corrected chi connectivity index (χ2v) is 3.81. The van der Waals surface area contributed by atoms with E-state index in [4.69, 9.17) is 5.73 Å². The second-order valence-electron chi connectivity index (χ2n) is 3.81. The van der Waals surface area contributed by atoms with Crippen LogP contribution in [0.2, 0.25) is 0 Å². The quantitative estimate of drug-likeness (QED) is 0.714. The van der Waals surface area contributed by atoms with E-state index < -0.39 is 0 Å². The van der Waals surface area contributed by atoms with Crippen LogP contribution in [0.15, 0.2) is 18.3 Å². The Labute approximate surface area is 94.0 Å². The van der Waals surface area contributed by atoms with Crippen LogP contribution in [-0.2, 0) is 4.79 Å². The van der Waals surface area contributed by atoms with Gasteiger partial charge in [-0.25, -0.2) is 0 Å². The summed E-state index contributed by atoms with van der Waals surface area (Å²) < 4.78 is 0. The van der Waals surface area contributed by atoms with Crippen molar-refractivity contribution in [1.82, 2.24) is 15.1 Å². The van der Waals surface area contributed by atoms with Crippen LogP contribution >= 0.6 is 0 Å². The molecule has 1 saturated heterocycles. The van der Waals surface area contributed by atoms with Crippen molar-refractivity contribution in [2.75, 3.05) is 37.6 Å². The average Bonchev–Trinajstić information content (AvgIpc) is 2.30. The van der Waals surface area contributed by atoms with Crippen molar-refractivity contribution in [2.45, 2.75) is 0 Å². The molecule has 1 amide bonds. The van der Waals surface area contributed by atoms with Gasteiger partial charge in [-0.3, -0.25) is 9.69 Å². The largest absolute Gasteiger partial charge is 0.369 e. The summed E-state index contributed by atoms with van der Waals surface area (Å²) in [5, 5.41) is 7.90. The number of aromatic nitrogens is 2. The van der Waals surface area contributed by atoms with Gasteiger partial charge in [0, 0.05) is 32.4 Å². The van der Waals surface area contributed by atoms with E-state index in [1.807, 2.05) is 12.1 Å². The highest BCUT2D eigenvalue weighted by molar-refractivity contribution is 5.75. The maximum absolute atomic E-state index is 10.8. The van der Waals surface area contributed by atoms with Crippen LogP contribution < -0.4 is 10.6 Å². The minimum Gasteiger partial charge on any atom is -0.369 e. The number of amides is 1. The molecule has 0 radical (unpaired) electrons. The smallest absolute Gasteiger partial charge is 0.231 e. The summed E-state index contributed by atoms with van der Waals surface area (Å²) in [6.45, 7) is 3.71. The molecule has 0 aromatic carbocycles. The van der Waals surface area contributed by atoms with E-state index in [0.29, 0.717) is 6.54 Å².